The molecule has 0 saturated carbocycles. The van der Waals surface area contributed by atoms with Gasteiger partial charge in [0.1, 0.15) is 0 Å². The highest BCUT2D eigenvalue weighted by molar-refractivity contribution is 6.28. The minimum atomic E-state index is 0.133. The van der Waals surface area contributed by atoms with Crippen molar-refractivity contribution in [2.75, 3.05) is 32.8 Å². The molecule has 4 aromatic heterocycles. The topological polar surface area (TPSA) is 166 Å². The summed E-state index contributed by atoms with van der Waals surface area (Å²) in [6, 6.07) is 0.310. The van der Waals surface area contributed by atoms with E-state index < -0.39 is 0 Å². The summed E-state index contributed by atoms with van der Waals surface area (Å²) < 4.78 is 17.7. The average molecular weight is 395 g/mol. The maximum atomic E-state index is 5.74. The van der Waals surface area contributed by atoms with Crippen LogP contribution in [0.1, 0.15) is 0 Å². The van der Waals surface area contributed by atoms with Crippen molar-refractivity contribution >= 4 is 34.8 Å². The second-order valence-corrected chi connectivity index (χ2v) is 5.16. The monoisotopic (exact) mass is 394 g/mol. The Kier molecular flexibility index (Phi) is 4.94. The first-order valence-electron chi connectivity index (χ1n) is 7.28. The third-order valence-electron chi connectivity index (χ3n) is 3.25. The van der Waals surface area contributed by atoms with Crippen molar-refractivity contribution in [1.29, 1.82) is 0 Å². The van der Waals surface area contributed by atoms with Crippen LogP contribution in [0.15, 0.2) is 12.4 Å². The van der Waals surface area contributed by atoms with E-state index in [2.05, 4.69) is 30.1 Å². The Bertz CT molecular complexity index is 1050. The number of hydrogen-bond donors (Lipinski definition) is 2. The molecule has 4 N–H and O–H groups in total. The number of methoxy groups -OCH3 is 3. The number of nitrogens with two attached hydrogens (primary N) is 2. The first-order valence-corrected chi connectivity index (χ1v) is 7.66. The van der Waals surface area contributed by atoms with Gasteiger partial charge in [0.25, 0.3) is 0 Å². The lowest BCUT2D eigenvalue weighted by Gasteiger charge is -2.03. The average Bonchev–Trinajstić information content (AvgIpc) is 3.24. The van der Waals surface area contributed by atoms with E-state index in [0.29, 0.717) is 28.8 Å². The maximum Gasteiger partial charge on any atom is 0.319 e. The molecule has 27 heavy (non-hydrogen) atoms. The summed E-state index contributed by atoms with van der Waals surface area (Å²) in [5.74, 6) is 1.26. The van der Waals surface area contributed by atoms with E-state index in [0.717, 1.165) is 0 Å². The van der Waals surface area contributed by atoms with Crippen LogP contribution in [-0.2, 0) is 0 Å². The number of halogens is 1. The molecule has 0 radical (unpaired) electrons. The molecule has 142 valence electrons. The molecule has 0 aromatic carbocycles. The van der Waals surface area contributed by atoms with E-state index in [-0.39, 0.29) is 17.2 Å². The maximum absolute atomic E-state index is 5.74. The van der Waals surface area contributed by atoms with Gasteiger partial charge in [0.2, 0.25) is 28.5 Å². The van der Waals surface area contributed by atoms with Crippen LogP contribution in [-0.4, -0.2) is 60.5 Å². The van der Waals surface area contributed by atoms with Gasteiger partial charge in [-0.2, -0.15) is 24.0 Å². The number of nitrogens with zero attached hydrogens (tertiary/aromatic N) is 8. The summed E-state index contributed by atoms with van der Waals surface area (Å²) >= 11 is 5.74. The third-order valence-corrected chi connectivity index (χ3v) is 3.50. The molecular formula is C13H15ClN10O3. The summed E-state index contributed by atoms with van der Waals surface area (Å²) in [6.45, 7) is 0. The van der Waals surface area contributed by atoms with Crippen molar-refractivity contribution in [2.24, 2.45) is 0 Å². The lowest BCUT2D eigenvalue weighted by Crippen LogP contribution is -2.00. The van der Waals surface area contributed by atoms with Gasteiger partial charge in [-0.1, -0.05) is 0 Å². The zero-order chi connectivity index (χ0) is 19.6. The van der Waals surface area contributed by atoms with E-state index in [1.807, 2.05) is 0 Å². The number of anilines is 2. The normalized spacial score (nSPS) is 10.5. The Morgan fingerprint density at radius 1 is 0.815 bits per heavy atom. The van der Waals surface area contributed by atoms with E-state index in [1.54, 1.807) is 0 Å². The van der Waals surface area contributed by atoms with Gasteiger partial charge in [-0.15, -0.1) is 10.2 Å². The predicted octanol–water partition coefficient (Wildman–Crippen LogP) is 0.0922. The van der Waals surface area contributed by atoms with Gasteiger partial charge < -0.3 is 25.7 Å². The van der Waals surface area contributed by atoms with E-state index in [9.17, 15) is 0 Å². The standard InChI is InChI=1S/C7H9N5O2.C6H6ClN5O/c1-13-4-3-9-7(14-2)12-5(4)10-6(8)11-12;1-13-3-2-9-5(7)12-4(3)10-6(8)11-12/h3H,1-2H3,(H2,8,11);2H,1H3,(H2,8,11). The van der Waals surface area contributed by atoms with Gasteiger partial charge in [0.15, 0.2) is 11.5 Å². The van der Waals surface area contributed by atoms with Crippen LogP contribution in [0.2, 0.25) is 5.28 Å². The summed E-state index contributed by atoms with van der Waals surface area (Å²) in [4.78, 5) is 15.7. The van der Waals surface area contributed by atoms with Gasteiger partial charge in [0, 0.05) is 0 Å². The number of rotatable bonds is 3. The van der Waals surface area contributed by atoms with Crippen molar-refractivity contribution in [2.45, 2.75) is 0 Å². The molecule has 0 amide bonds. The highest BCUT2D eigenvalue weighted by Gasteiger charge is 2.12. The molecule has 4 rings (SSSR count). The van der Waals surface area contributed by atoms with E-state index in [1.165, 1.54) is 42.8 Å². The molecule has 0 aliphatic carbocycles. The van der Waals surface area contributed by atoms with Crippen LogP contribution in [0, 0.1) is 0 Å². The van der Waals surface area contributed by atoms with Crippen LogP contribution in [0.5, 0.6) is 17.5 Å². The molecule has 0 spiro atoms. The quantitative estimate of drug-likeness (QED) is 0.452. The van der Waals surface area contributed by atoms with Crippen molar-refractivity contribution in [3.63, 3.8) is 0 Å². The minimum absolute atomic E-state index is 0.133. The molecule has 0 saturated heterocycles. The fourth-order valence-corrected chi connectivity index (χ4v) is 2.28. The van der Waals surface area contributed by atoms with Crippen molar-refractivity contribution in [3.05, 3.63) is 17.7 Å². The second-order valence-electron chi connectivity index (χ2n) is 4.82. The Morgan fingerprint density at radius 3 is 1.89 bits per heavy atom. The molecule has 14 heteroatoms. The molecule has 4 aromatic rings. The Balaban J connectivity index is 0.000000156. The number of aromatic nitrogens is 8. The molecule has 0 fully saturated rings. The van der Waals surface area contributed by atoms with Crippen LogP contribution in [0.3, 0.4) is 0 Å². The van der Waals surface area contributed by atoms with Gasteiger partial charge in [0.05, 0.1) is 33.7 Å². The highest BCUT2D eigenvalue weighted by Crippen LogP contribution is 2.21. The first kappa shape index (κ1) is 18.2. The van der Waals surface area contributed by atoms with Crippen LogP contribution in [0.25, 0.3) is 11.3 Å². The molecule has 0 atom stereocenters. The molecule has 0 aliphatic rings. The first-order chi connectivity index (χ1) is 13.0. The van der Waals surface area contributed by atoms with E-state index >= 15 is 0 Å². The summed E-state index contributed by atoms with van der Waals surface area (Å²) in [7, 11) is 4.52. The predicted molar refractivity (Wildman–Crippen MR) is 95.1 cm³/mol. The minimum Gasteiger partial charge on any atom is -0.491 e. The van der Waals surface area contributed by atoms with Gasteiger partial charge in [-0.25, -0.2) is 4.98 Å². The number of ether oxygens (including phenoxy) is 3. The summed E-state index contributed by atoms with van der Waals surface area (Å²) in [5.41, 5.74) is 11.8. The lowest BCUT2D eigenvalue weighted by atomic mass is 10.5. The van der Waals surface area contributed by atoms with Gasteiger partial charge in [-0.3, -0.25) is 0 Å². The third kappa shape index (κ3) is 3.39. The van der Waals surface area contributed by atoms with Gasteiger partial charge >= 0.3 is 6.01 Å². The molecule has 0 bridgehead atoms. The molecule has 13 nitrogen and oxygen atoms in total. The lowest BCUT2D eigenvalue weighted by molar-refractivity contribution is 0.359. The zero-order valence-electron chi connectivity index (χ0n) is 14.5. The van der Waals surface area contributed by atoms with Crippen LogP contribution >= 0.6 is 11.6 Å². The summed E-state index contributed by atoms with van der Waals surface area (Å²) in [5, 5.41) is 7.93. The summed E-state index contributed by atoms with van der Waals surface area (Å²) in [6.07, 6.45) is 2.97. The molecule has 0 unspecified atom stereocenters. The van der Waals surface area contributed by atoms with E-state index in [4.69, 9.17) is 37.3 Å². The number of nitrogen functional groups attached to an aromatic ring is 2. The smallest absolute Gasteiger partial charge is 0.319 e. The van der Waals surface area contributed by atoms with Gasteiger partial charge in [-0.05, 0) is 11.6 Å². The second kappa shape index (κ2) is 7.33. The van der Waals surface area contributed by atoms with Crippen molar-refractivity contribution in [1.82, 2.24) is 39.2 Å². The SMILES string of the molecule is COc1cnc(Cl)n2nc(N)nc12.COc1cnc(OC)n2nc(N)nc12. The molecule has 0 aliphatic heterocycles. The Hall–Kier alpha value is -3.61. The Labute approximate surface area is 156 Å². The van der Waals surface area contributed by atoms with Crippen molar-refractivity contribution < 1.29 is 14.2 Å². The van der Waals surface area contributed by atoms with Crippen LogP contribution < -0.4 is 25.7 Å². The Morgan fingerprint density at radius 2 is 1.33 bits per heavy atom. The fraction of sp³-hybridized carbons (Fsp3) is 0.231. The molecule has 4 heterocycles. The molecular weight excluding hydrogens is 380 g/mol. The number of hydrogen-bond acceptors (Lipinski definition) is 11. The highest BCUT2D eigenvalue weighted by atomic mass is 35.5. The van der Waals surface area contributed by atoms with Crippen molar-refractivity contribution in [3.8, 4) is 17.5 Å². The fourth-order valence-electron chi connectivity index (χ4n) is 2.11. The largest absolute Gasteiger partial charge is 0.491 e. The van der Waals surface area contributed by atoms with Crippen LogP contribution in [0.4, 0.5) is 11.9 Å². The zero-order valence-corrected chi connectivity index (χ0v) is 15.2. The number of fused-ring (bicyclic) bond motifs is 2.